The Morgan fingerprint density at radius 1 is 1.00 bits per heavy atom. The quantitative estimate of drug-likeness (QED) is 0.770. The van der Waals surface area contributed by atoms with Crippen molar-refractivity contribution in [3.05, 3.63) is 35.4 Å². The molecule has 0 atom stereocenters. The molecule has 0 aliphatic heterocycles. The van der Waals surface area contributed by atoms with E-state index in [0.717, 1.165) is 23.3 Å². The topological polar surface area (TPSA) is 17.1 Å². The predicted molar refractivity (Wildman–Crippen MR) is 71.1 cm³/mol. The Kier molecular flexibility index (Phi) is 2.21. The third-order valence-corrected chi connectivity index (χ3v) is 5.63. The molecule has 4 aliphatic carbocycles. The number of benzene rings is 1. The molecule has 1 aromatic rings. The van der Waals surface area contributed by atoms with Crippen molar-refractivity contribution >= 4 is 6.29 Å². The summed E-state index contributed by atoms with van der Waals surface area (Å²) in [6.45, 7) is 0. The van der Waals surface area contributed by atoms with Gasteiger partial charge < -0.3 is 0 Å². The SMILES string of the molecule is O=[C]c1cccc(C23CC4CC(CC(C4)C2)C3)c1. The summed E-state index contributed by atoms with van der Waals surface area (Å²) in [6, 6.07) is 8.25. The number of carbonyl (C=O) groups excluding carboxylic acids is 1. The van der Waals surface area contributed by atoms with Crippen LogP contribution in [-0.4, -0.2) is 6.29 Å². The van der Waals surface area contributed by atoms with E-state index in [1.807, 2.05) is 18.4 Å². The van der Waals surface area contributed by atoms with Crippen molar-refractivity contribution in [2.24, 2.45) is 17.8 Å². The Labute approximate surface area is 109 Å². The maximum absolute atomic E-state index is 10.9. The predicted octanol–water partition coefficient (Wildman–Crippen LogP) is 3.61. The smallest absolute Gasteiger partial charge is 0.233 e. The molecule has 0 heterocycles. The molecule has 0 unspecified atom stereocenters. The van der Waals surface area contributed by atoms with Gasteiger partial charge in [-0.1, -0.05) is 18.2 Å². The van der Waals surface area contributed by atoms with Gasteiger partial charge in [0.1, 0.15) is 0 Å². The van der Waals surface area contributed by atoms with E-state index in [1.54, 1.807) is 0 Å². The van der Waals surface area contributed by atoms with Gasteiger partial charge in [0.05, 0.1) is 0 Å². The summed E-state index contributed by atoms with van der Waals surface area (Å²) in [5.74, 6) is 2.88. The van der Waals surface area contributed by atoms with Crippen LogP contribution >= 0.6 is 0 Å². The Bertz CT molecular complexity index is 453. The van der Waals surface area contributed by atoms with Crippen LogP contribution < -0.4 is 0 Å². The minimum Gasteiger partial charge on any atom is -0.285 e. The van der Waals surface area contributed by atoms with Crippen LogP contribution in [0.2, 0.25) is 0 Å². The van der Waals surface area contributed by atoms with Crippen LogP contribution in [0.3, 0.4) is 0 Å². The minimum absolute atomic E-state index is 0.404. The van der Waals surface area contributed by atoms with Crippen LogP contribution in [0.25, 0.3) is 0 Å². The van der Waals surface area contributed by atoms with Gasteiger partial charge in [-0.05, 0) is 73.3 Å². The van der Waals surface area contributed by atoms with Gasteiger partial charge in [0.2, 0.25) is 6.29 Å². The molecular weight excluding hydrogens is 220 g/mol. The molecule has 4 bridgehead atoms. The molecule has 1 heteroatoms. The van der Waals surface area contributed by atoms with Crippen LogP contribution in [0.1, 0.15) is 49.7 Å². The van der Waals surface area contributed by atoms with Crippen LogP contribution in [-0.2, 0) is 10.2 Å². The Morgan fingerprint density at radius 3 is 2.17 bits per heavy atom. The van der Waals surface area contributed by atoms with Crippen molar-refractivity contribution in [2.75, 3.05) is 0 Å². The molecular formula is C17H19O. The lowest BCUT2D eigenvalue weighted by Crippen LogP contribution is -2.48. The lowest BCUT2D eigenvalue weighted by atomic mass is 9.48. The van der Waals surface area contributed by atoms with Crippen LogP contribution in [0.5, 0.6) is 0 Å². The van der Waals surface area contributed by atoms with Crippen molar-refractivity contribution in [1.29, 1.82) is 0 Å². The molecule has 1 nitrogen and oxygen atoms in total. The van der Waals surface area contributed by atoms with Crippen molar-refractivity contribution < 1.29 is 4.79 Å². The van der Waals surface area contributed by atoms with Gasteiger partial charge >= 0.3 is 0 Å². The molecule has 0 saturated heterocycles. The zero-order chi connectivity index (χ0) is 12.2. The monoisotopic (exact) mass is 239 g/mol. The largest absolute Gasteiger partial charge is 0.285 e. The maximum Gasteiger partial charge on any atom is 0.233 e. The summed E-state index contributed by atoms with van der Waals surface area (Å²) in [6.07, 6.45) is 10.5. The summed E-state index contributed by atoms with van der Waals surface area (Å²) in [7, 11) is 0. The summed E-state index contributed by atoms with van der Waals surface area (Å²) in [5.41, 5.74) is 2.55. The highest BCUT2D eigenvalue weighted by atomic mass is 16.1. The fourth-order valence-corrected chi connectivity index (χ4v) is 5.38. The second kappa shape index (κ2) is 3.69. The third-order valence-electron chi connectivity index (χ3n) is 5.63. The molecule has 18 heavy (non-hydrogen) atoms. The van der Waals surface area contributed by atoms with Crippen molar-refractivity contribution in [1.82, 2.24) is 0 Å². The van der Waals surface area contributed by atoms with Crippen LogP contribution in [0, 0.1) is 17.8 Å². The van der Waals surface area contributed by atoms with Gasteiger partial charge in [-0.25, -0.2) is 0 Å². The fourth-order valence-electron chi connectivity index (χ4n) is 5.38. The summed E-state index contributed by atoms with van der Waals surface area (Å²) in [4.78, 5) is 10.9. The molecule has 5 rings (SSSR count). The first-order valence-corrected chi connectivity index (χ1v) is 7.26. The van der Waals surface area contributed by atoms with E-state index in [-0.39, 0.29) is 0 Å². The average Bonchev–Trinajstić information content (AvgIpc) is 2.37. The van der Waals surface area contributed by atoms with Crippen LogP contribution in [0.15, 0.2) is 24.3 Å². The van der Waals surface area contributed by atoms with Crippen molar-refractivity contribution in [2.45, 2.75) is 43.9 Å². The molecule has 4 aliphatic rings. The van der Waals surface area contributed by atoms with E-state index >= 15 is 0 Å². The highest BCUT2D eigenvalue weighted by Gasteiger charge is 2.51. The normalized spacial score (nSPS) is 41.0. The minimum atomic E-state index is 0.404. The first-order chi connectivity index (χ1) is 8.77. The van der Waals surface area contributed by atoms with Gasteiger partial charge in [0, 0.05) is 5.56 Å². The Hall–Kier alpha value is -1.11. The van der Waals surface area contributed by atoms with E-state index in [0.29, 0.717) is 5.41 Å². The second-order valence-electron chi connectivity index (χ2n) is 6.88. The number of hydrogen-bond acceptors (Lipinski definition) is 1. The Morgan fingerprint density at radius 2 is 1.61 bits per heavy atom. The zero-order valence-electron chi connectivity index (χ0n) is 10.7. The number of rotatable bonds is 2. The standard InChI is InChI=1S/C17H19O/c18-11-12-2-1-3-16(7-12)17-8-13-4-14(9-17)6-15(5-13)10-17/h1-3,7,13-15H,4-6,8-10H2. The molecule has 0 N–H and O–H groups in total. The lowest BCUT2D eigenvalue weighted by Gasteiger charge is -2.57. The summed E-state index contributed by atoms with van der Waals surface area (Å²) >= 11 is 0. The van der Waals surface area contributed by atoms with Gasteiger partial charge in [-0.2, -0.15) is 0 Å². The molecule has 93 valence electrons. The average molecular weight is 239 g/mol. The molecule has 0 aromatic heterocycles. The van der Waals surface area contributed by atoms with Crippen molar-refractivity contribution in [3.63, 3.8) is 0 Å². The van der Waals surface area contributed by atoms with E-state index in [2.05, 4.69) is 12.1 Å². The van der Waals surface area contributed by atoms with Gasteiger partial charge in [0.15, 0.2) is 0 Å². The Balaban J connectivity index is 1.76. The molecule has 4 saturated carbocycles. The van der Waals surface area contributed by atoms with Crippen molar-refractivity contribution in [3.8, 4) is 0 Å². The van der Waals surface area contributed by atoms with E-state index in [9.17, 15) is 4.79 Å². The molecule has 4 fully saturated rings. The molecule has 1 radical (unpaired) electrons. The van der Waals surface area contributed by atoms with E-state index < -0.39 is 0 Å². The van der Waals surface area contributed by atoms with Gasteiger partial charge in [-0.3, -0.25) is 4.79 Å². The number of hydrogen-bond donors (Lipinski definition) is 0. The molecule has 0 spiro atoms. The first kappa shape index (κ1) is 10.8. The zero-order valence-corrected chi connectivity index (χ0v) is 10.7. The lowest BCUT2D eigenvalue weighted by molar-refractivity contribution is -0.00519. The third kappa shape index (κ3) is 1.49. The second-order valence-corrected chi connectivity index (χ2v) is 6.88. The van der Waals surface area contributed by atoms with E-state index in [1.165, 1.54) is 44.1 Å². The highest BCUT2D eigenvalue weighted by molar-refractivity contribution is 5.75. The molecule has 1 aromatic carbocycles. The summed E-state index contributed by atoms with van der Waals surface area (Å²) in [5, 5.41) is 0. The first-order valence-electron chi connectivity index (χ1n) is 7.26. The van der Waals surface area contributed by atoms with E-state index in [4.69, 9.17) is 0 Å². The van der Waals surface area contributed by atoms with Crippen LogP contribution in [0.4, 0.5) is 0 Å². The molecule has 0 amide bonds. The van der Waals surface area contributed by atoms with Gasteiger partial charge in [-0.15, -0.1) is 0 Å². The van der Waals surface area contributed by atoms with Gasteiger partial charge in [0.25, 0.3) is 0 Å². The summed E-state index contributed by atoms with van der Waals surface area (Å²) < 4.78 is 0. The maximum atomic E-state index is 10.9. The highest BCUT2D eigenvalue weighted by Crippen LogP contribution is 2.60. The fraction of sp³-hybridized carbons (Fsp3) is 0.588.